The minimum Gasteiger partial charge on any atom is -0.426 e. The first-order valence-electron chi connectivity index (χ1n) is 17.8. The van der Waals surface area contributed by atoms with Crippen LogP contribution in [-0.2, 0) is 44.6 Å². The summed E-state index contributed by atoms with van der Waals surface area (Å²) in [5.41, 5.74) is 4.72. The minimum absolute atomic E-state index is 0.00453. The van der Waals surface area contributed by atoms with Gasteiger partial charge in [-0.05, 0) is 61.0 Å². The molecule has 1 atom stereocenters. The number of benzene rings is 3. The number of carbonyl (C=O) groups is 2. The van der Waals surface area contributed by atoms with Crippen molar-refractivity contribution in [2.45, 2.75) is 32.4 Å². The number of anilines is 1. The van der Waals surface area contributed by atoms with E-state index in [0.29, 0.717) is 94.1 Å². The summed E-state index contributed by atoms with van der Waals surface area (Å²) >= 11 is 6.21. The molecule has 0 saturated heterocycles. The summed E-state index contributed by atoms with van der Waals surface area (Å²) in [6.07, 6.45) is 1.70. The first-order chi connectivity index (χ1) is 26.4. The maximum Gasteiger partial charge on any atom is 0.313 e. The van der Waals surface area contributed by atoms with E-state index in [-0.39, 0.29) is 25.4 Å². The topological polar surface area (TPSA) is 154 Å². The Bertz CT molecular complexity index is 1800. The Morgan fingerprint density at radius 3 is 2.11 bits per heavy atom. The summed E-state index contributed by atoms with van der Waals surface area (Å²) < 4.78 is 39.6. The van der Waals surface area contributed by atoms with Crippen LogP contribution in [-0.4, -0.2) is 106 Å². The van der Waals surface area contributed by atoms with Gasteiger partial charge in [-0.3, -0.25) is 19.1 Å². The lowest BCUT2D eigenvalue weighted by Gasteiger charge is -2.13. The van der Waals surface area contributed by atoms with Crippen LogP contribution in [0.1, 0.15) is 48.3 Å². The van der Waals surface area contributed by atoms with Gasteiger partial charge in [0.2, 0.25) is 5.91 Å². The third kappa shape index (κ3) is 12.5. The molecule has 15 heteroatoms. The number of ether oxygens (including phenoxy) is 7. The first-order valence-corrected chi connectivity index (χ1v) is 18.2. The van der Waals surface area contributed by atoms with Gasteiger partial charge in [-0.2, -0.15) is 0 Å². The summed E-state index contributed by atoms with van der Waals surface area (Å²) in [6.45, 7) is 7.02. The molecule has 0 bridgehead atoms. The number of rotatable bonds is 23. The number of carbonyl (C=O) groups excluding carboxylic acids is 2. The lowest BCUT2D eigenvalue weighted by atomic mass is 9.98. The lowest BCUT2D eigenvalue weighted by molar-refractivity contribution is -0.135. The van der Waals surface area contributed by atoms with Gasteiger partial charge in [0, 0.05) is 35.6 Å². The van der Waals surface area contributed by atoms with E-state index in [1.165, 1.54) is 0 Å². The molecule has 3 aromatic carbocycles. The second-order valence-electron chi connectivity index (χ2n) is 12.0. The fourth-order valence-corrected chi connectivity index (χ4v) is 5.64. The van der Waals surface area contributed by atoms with E-state index < -0.39 is 12.0 Å². The van der Waals surface area contributed by atoms with Crippen LogP contribution in [0.25, 0.3) is 5.69 Å². The predicted molar refractivity (Wildman–Crippen MR) is 202 cm³/mol. The smallest absolute Gasteiger partial charge is 0.313 e. The number of aromatic nitrogens is 3. The van der Waals surface area contributed by atoms with Gasteiger partial charge in [0.1, 0.15) is 18.1 Å². The summed E-state index contributed by atoms with van der Waals surface area (Å²) in [7, 11) is 1.65. The Balaban J connectivity index is 1.07. The molecular formula is C39H46ClN5O9. The van der Waals surface area contributed by atoms with E-state index in [2.05, 4.69) is 15.5 Å². The lowest BCUT2D eigenvalue weighted by Crippen LogP contribution is -2.17. The van der Waals surface area contributed by atoms with Crippen molar-refractivity contribution in [1.29, 1.82) is 0 Å². The predicted octanol–water partition coefficient (Wildman–Crippen LogP) is 5.39. The molecule has 0 fully saturated rings. The third-order valence-corrected chi connectivity index (χ3v) is 8.30. The summed E-state index contributed by atoms with van der Waals surface area (Å²) in [5.74, 6) is 0.161. The van der Waals surface area contributed by atoms with E-state index >= 15 is 0 Å². The monoisotopic (exact) mass is 763 g/mol. The maximum absolute atomic E-state index is 13.4. The number of amides is 1. The third-order valence-electron chi connectivity index (χ3n) is 8.05. The van der Waals surface area contributed by atoms with E-state index in [0.717, 1.165) is 22.4 Å². The maximum atomic E-state index is 13.4. The van der Waals surface area contributed by atoms with Crippen molar-refractivity contribution in [2.75, 3.05) is 78.5 Å². The SMILES string of the molecule is CCOCCOCCOCCOCCOCCC(=O)Oc1ccc(NC(=O)C[C@H]2N=C(c3ccc(Cl)cc3)c3cc(COC)ccc3-n3cnnc32)cc1. The molecule has 2 heterocycles. The van der Waals surface area contributed by atoms with Gasteiger partial charge < -0.3 is 38.5 Å². The molecule has 0 spiro atoms. The average molecular weight is 764 g/mol. The van der Waals surface area contributed by atoms with Gasteiger partial charge in [-0.15, -0.1) is 10.2 Å². The van der Waals surface area contributed by atoms with E-state index in [1.54, 1.807) is 37.7 Å². The highest BCUT2D eigenvalue weighted by Gasteiger charge is 2.28. The zero-order valence-corrected chi connectivity index (χ0v) is 31.3. The molecule has 14 nitrogen and oxygen atoms in total. The van der Waals surface area contributed by atoms with E-state index in [9.17, 15) is 9.59 Å². The van der Waals surface area contributed by atoms with Gasteiger partial charge in [0.25, 0.3) is 0 Å². The Kier molecular flexibility index (Phi) is 16.5. The molecule has 0 saturated carbocycles. The van der Waals surface area contributed by atoms with Crippen molar-refractivity contribution >= 4 is 34.9 Å². The second kappa shape index (κ2) is 22.0. The minimum atomic E-state index is -0.647. The quantitative estimate of drug-likeness (QED) is 0.0588. The van der Waals surface area contributed by atoms with Crippen LogP contribution in [0.4, 0.5) is 5.69 Å². The fraction of sp³-hybridized carbons (Fsp3) is 0.410. The number of fused-ring (bicyclic) bond motifs is 3. The molecule has 288 valence electrons. The molecule has 1 aromatic heterocycles. The van der Waals surface area contributed by atoms with Crippen molar-refractivity contribution in [3.05, 3.63) is 101 Å². The number of hydrogen-bond donors (Lipinski definition) is 1. The normalized spacial score (nSPS) is 13.5. The molecule has 1 aliphatic rings. The Labute approximate surface area is 319 Å². The van der Waals surface area contributed by atoms with Crippen LogP contribution in [0.5, 0.6) is 5.75 Å². The van der Waals surface area contributed by atoms with Crippen LogP contribution >= 0.6 is 11.6 Å². The molecule has 1 N–H and O–H groups in total. The highest BCUT2D eigenvalue weighted by atomic mass is 35.5. The fourth-order valence-electron chi connectivity index (χ4n) is 5.51. The number of aliphatic imine (C=N–C) groups is 1. The Morgan fingerprint density at radius 2 is 1.46 bits per heavy atom. The van der Waals surface area contributed by atoms with E-state index in [1.807, 2.05) is 54.0 Å². The average Bonchev–Trinajstić information content (AvgIpc) is 3.62. The van der Waals surface area contributed by atoms with Crippen molar-refractivity contribution in [3.63, 3.8) is 0 Å². The number of nitrogens with zero attached hydrogens (tertiary/aromatic N) is 4. The van der Waals surface area contributed by atoms with Gasteiger partial charge in [0.05, 0.1) is 90.3 Å². The second-order valence-corrected chi connectivity index (χ2v) is 12.4. The molecule has 54 heavy (non-hydrogen) atoms. The van der Waals surface area contributed by atoms with Gasteiger partial charge in [-0.25, -0.2) is 0 Å². The van der Waals surface area contributed by atoms with Crippen LogP contribution in [0, 0.1) is 0 Å². The molecular weight excluding hydrogens is 718 g/mol. The van der Waals surface area contributed by atoms with Gasteiger partial charge in [-0.1, -0.05) is 29.8 Å². The summed E-state index contributed by atoms with van der Waals surface area (Å²) in [5, 5.41) is 12.0. The number of esters is 1. The van der Waals surface area contributed by atoms with Crippen molar-refractivity contribution < 1.29 is 42.7 Å². The molecule has 1 amide bonds. The number of methoxy groups -OCH3 is 1. The number of nitrogens with one attached hydrogen (secondary N) is 1. The van der Waals surface area contributed by atoms with Gasteiger partial charge in [0.15, 0.2) is 5.82 Å². The van der Waals surface area contributed by atoms with Crippen LogP contribution in [0.15, 0.2) is 78.0 Å². The molecule has 0 radical (unpaired) electrons. The van der Waals surface area contributed by atoms with Crippen molar-refractivity contribution in [3.8, 4) is 11.4 Å². The Hall–Kier alpha value is -4.54. The molecule has 0 unspecified atom stereocenters. The van der Waals surface area contributed by atoms with E-state index in [4.69, 9.17) is 49.8 Å². The summed E-state index contributed by atoms with van der Waals surface area (Å²) in [6, 6.07) is 19.3. The highest BCUT2D eigenvalue weighted by molar-refractivity contribution is 6.30. The standard InChI is InChI=1S/C39H46ClN5O9/c1-3-49-16-17-51-20-21-53-23-22-52-19-18-50-15-14-37(47)54-32-11-9-31(10-12-32)42-36(46)25-34-39-44-41-27-45(39)35-13-4-28(26-48-2)24-33(35)38(43-34)29-5-7-30(40)8-6-29/h4-13,24,27,34H,3,14-23,25-26H2,1-2H3,(H,42,46)/t34-/m1/s1. The number of hydrogen-bond acceptors (Lipinski definition) is 12. The zero-order valence-electron chi connectivity index (χ0n) is 30.5. The zero-order chi connectivity index (χ0) is 38.0. The van der Waals surface area contributed by atoms with Crippen LogP contribution < -0.4 is 10.1 Å². The van der Waals surface area contributed by atoms with Crippen LogP contribution in [0.2, 0.25) is 5.02 Å². The largest absolute Gasteiger partial charge is 0.426 e. The van der Waals surface area contributed by atoms with Crippen LogP contribution in [0.3, 0.4) is 0 Å². The molecule has 5 rings (SSSR count). The van der Waals surface area contributed by atoms with Gasteiger partial charge >= 0.3 is 5.97 Å². The molecule has 0 aliphatic carbocycles. The number of halogens is 1. The first kappa shape index (κ1) is 40.6. The molecule has 1 aliphatic heterocycles. The van der Waals surface area contributed by atoms with Crippen molar-refractivity contribution in [2.24, 2.45) is 4.99 Å². The Morgan fingerprint density at radius 1 is 0.815 bits per heavy atom. The highest BCUT2D eigenvalue weighted by Crippen LogP contribution is 2.33. The molecule has 4 aromatic rings. The summed E-state index contributed by atoms with van der Waals surface area (Å²) in [4.78, 5) is 30.8. The van der Waals surface area contributed by atoms with Crippen molar-refractivity contribution in [1.82, 2.24) is 14.8 Å².